The zero-order chi connectivity index (χ0) is 11.8. The maximum Gasteiger partial charge on any atom is 0.146 e. The van der Waals surface area contributed by atoms with E-state index < -0.39 is 0 Å². The number of methoxy groups -OCH3 is 1. The van der Waals surface area contributed by atoms with Gasteiger partial charge in [0.15, 0.2) is 0 Å². The van der Waals surface area contributed by atoms with Crippen LogP contribution in [0.2, 0.25) is 0 Å². The Hall–Kier alpha value is -1.25. The summed E-state index contributed by atoms with van der Waals surface area (Å²) in [6.45, 7) is 0. The summed E-state index contributed by atoms with van der Waals surface area (Å²) in [5.41, 5.74) is 0.591. The minimum Gasteiger partial charge on any atom is -0.497 e. The predicted molar refractivity (Wildman–Crippen MR) is 65.8 cm³/mol. The van der Waals surface area contributed by atoms with E-state index in [1.807, 2.05) is 0 Å². The predicted octanol–water partition coefficient (Wildman–Crippen LogP) is 3.43. The van der Waals surface area contributed by atoms with E-state index in [9.17, 15) is 4.39 Å². The molecule has 2 saturated carbocycles. The van der Waals surface area contributed by atoms with Crippen LogP contribution in [-0.2, 0) is 0 Å². The maximum absolute atomic E-state index is 13.7. The van der Waals surface area contributed by atoms with Gasteiger partial charge < -0.3 is 10.1 Å². The summed E-state index contributed by atoms with van der Waals surface area (Å²) >= 11 is 0. The minimum atomic E-state index is -0.183. The van der Waals surface area contributed by atoms with E-state index in [1.165, 1.54) is 31.7 Å². The lowest BCUT2D eigenvalue weighted by Gasteiger charge is -2.19. The fourth-order valence-electron chi connectivity index (χ4n) is 2.45. The van der Waals surface area contributed by atoms with Crippen LogP contribution in [0.3, 0.4) is 0 Å². The second kappa shape index (κ2) is 4.21. The highest BCUT2D eigenvalue weighted by atomic mass is 19.1. The molecule has 2 nitrogen and oxygen atoms in total. The molecule has 92 valence electrons. The number of hydrogen-bond acceptors (Lipinski definition) is 2. The fourth-order valence-corrected chi connectivity index (χ4v) is 2.45. The van der Waals surface area contributed by atoms with Crippen molar-refractivity contribution in [3.63, 3.8) is 0 Å². The molecule has 1 N–H and O–H groups in total. The molecule has 3 rings (SSSR count). The number of halogens is 1. The monoisotopic (exact) mass is 235 g/mol. The quantitative estimate of drug-likeness (QED) is 0.844. The first-order chi connectivity index (χ1) is 8.28. The molecule has 0 saturated heterocycles. The summed E-state index contributed by atoms with van der Waals surface area (Å²) in [5, 5.41) is 3.39. The lowest BCUT2D eigenvalue weighted by molar-refractivity contribution is 0.413. The number of hydrogen-bond donors (Lipinski definition) is 1. The van der Waals surface area contributed by atoms with E-state index in [1.54, 1.807) is 19.2 Å². The minimum absolute atomic E-state index is 0.183. The van der Waals surface area contributed by atoms with Crippen molar-refractivity contribution >= 4 is 5.69 Å². The largest absolute Gasteiger partial charge is 0.497 e. The van der Waals surface area contributed by atoms with E-state index in [4.69, 9.17) is 4.74 Å². The Labute approximate surface area is 101 Å². The van der Waals surface area contributed by atoms with E-state index in [2.05, 4.69) is 5.32 Å². The van der Waals surface area contributed by atoms with E-state index in [0.717, 1.165) is 11.8 Å². The highest BCUT2D eigenvalue weighted by Gasteiger charge is 2.41. The zero-order valence-electron chi connectivity index (χ0n) is 10.1. The average molecular weight is 235 g/mol. The van der Waals surface area contributed by atoms with E-state index in [0.29, 0.717) is 17.5 Å². The highest BCUT2D eigenvalue weighted by molar-refractivity contribution is 5.50. The lowest BCUT2D eigenvalue weighted by atomic mass is 10.1. The van der Waals surface area contributed by atoms with Gasteiger partial charge in [0.05, 0.1) is 12.8 Å². The third-order valence-corrected chi connectivity index (χ3v) is 3.76. The molecule has 0 atom stereocenters. The smallest absolute Gasteiger partial charge is 0.146 e. The fraction of sp³-hybridized carbons (Fsp3) is 0.571. The Balaban J connectivity index is 1.77. The molecule has 1 aromatic carbocycles. The van der Waals surface area contributed by atoms with Gasteiger partial charge in [-0.1, -0.05) is 0 Å². The van der Waals surface area contributed by atoms with E-state index >= 15 is 0 Å². The summed E-state index contributed by atoms with van der Waals surface area (Å²) in [5.74, 6) is 2.04. The van der Waals surface area contributed by atoms with Crippen LogP contribution in [-0.4, -0.2) is 13.2 Å². The van der Waals surface area contributed by atoms with Crippen LogP contribution in [0.1, 0.15) is 25.7 Å². The normalized spacial score (nSPS) is 19.5. The number of rotatable bonds is 5. The average Bonchev–Trinajstić information content (AvgIpc) is 3.19. The first kappa shape index (κ1) is 10.9. The summed E-state index contributed by atoms with van der Waals surface area (Å²) < 4.78 is 18.9. The molecule has 3 heteroatoms. The van der Waals surface area contributed by atoms with Crippen molar-refractivity contribution in [2.24, 2.45) is 11.8 Å². The SMILES string of the molecule is COc1ccc(F)c(NC(C2CC2)C2CC2)c1. The Bertz CT molecular complexity index is 401. The van der Waals surface area contributed by atoms with Crippen molar-refractivity contribution in [2.75, 3.05) is 12.4 Å². The molecule has 0 amide bonds. The van der Waals surface area contributed by atoms with Gasteiger partial charge in [-0.15, -0.1) is 0 Å². The van der Waals surface area contributed by atoms with Gasteiger partial charge >= 0.3 is 0 Å². The molecule has 0 aromatic heterocycles. The number of ether oxygens (including phenoxy) is 1. The Morgan fingerprint density at radius 2 is 1.88 bits per heavy atom. The van der Waals surface area contributed by atoms with Crippen molar-refractivity contribution < 1.29 is 9.13 Å². The molecular weight excluding hydrogens is 217 g/mol. The summed E-state index contributed by atoms with van der Waals surface area (Å²) in [6.07, 6.45) is 5.17. The van der Waals surface area contributed by atoms with Crippen LogP contribution < -0.4 is 10.1 Å². The van der Waals surface area contributed by atoms with Crippen LogP contribution in [0.25, 0.3) is 0 Å². The van der Waals surface area contributed by atoms with Gasteiger partial charge in [0, 0.05) is 12.1 Å². The van der Waals surface area contributed by atoms with E-state index in [-0.39, 0.29) is 5.82 Å². The maximum atomic E-state index is 13.7. The highest BCUT2D eigenvalue weighted by Crippen LogP contribution is 2.46. The molecule has 0 bridgehead atoms. The van der Waals surface area contributed by atoms with Crippen molar-refractivity contribution in [3.05, 3.63) is 24.0 Å². The molecule has 2 aliphatic carbocycles. The molecule has 0 heterocycles. The third kappa shape index (κ3) is 2.38. The second-order valence-corrected chi connectivity index (χ2v) is 5.19. The molecule has 1 aromatic rings. The van der Waals surface area contributed by atoms with Crippen LogP contribution in [0.5, 0.6) is 5.75 Å². The van der Waals surface area contributed by atoms with Gasteiger partial charge in [-0.05, 0) is 49.7 Å². The molecule has 0 aliphatic heterocycles. The van der Waals surface area contributed by atoms with Crippen molar-refractivity contribution in [2.45, 2.75) is 31.7 Å². The third-order valence-electron chi connectivity index (χ3n) is 3.76. The van der Waals surface area contributed by atoms with Gasteiger partial charge in [0.2, 0.25) is 0 Å². The Kier molecular flexibility index (Phi) is 2.69. The van der Waals surface area contributed by atoms with Crippen molar-refractivity contribution in [3.8, 4) is 5.75 Å². The topological polar surface area (TPSA) is 21.3 Å². The molecule has 2 aliphatic rings. The molecule has 0 spiro atoms. The van der Waals surface area contributed by atoms with Gasteiger partial charge in [0.25, 0.3) is 0 Å². The van der Waals surface area contributed by atoms with Crippen LogP contribution in [0, 0.1) is 17.7 Å². The standard InChI is InChI=1S/C14H18FNO/c1-17-11-6-7-12(15)13(8-11)16-14(9-2-3-9)10-4-5-10/h6-10,14,16H,2-5H2,1H3. The summed E-state index contributed by atoms with van der Waals surface area (Å²) in [4.78, 5) is 0. The first-order valence-electron chi connectivity index (χ1n) is 6.38. The number of anilines is 1. The molecule has 17 heavy (non-hydrogen) atoms. The first-order valence-corrected chi connectivity index (χ1v) is 6.38. The van der Waals surface area contributed by atoms with Crippen LogP contribution in [0.4, 0.5) is 10.1 Å². The summed E-state index contributed by atoms with van der Waals surface area (Å²) in [7, 11) is 1.61. The Morgan fingerprint density at radius 3 is 2.41 bits per heavy atom. The Morgan fingerprint density at radius 1 is 1.24 bits per heavy atom. The van der Waals surface area contributed by atoms with Crippen LogP contribution in [0.15, 0.2) is 18.2 Å². The molecule has 2 fully saturated rings. The van der Waals surface area contributed by atoms with Crippen molar-refractivity contribution in [1.29, 1.82) is 0 Å². The number of benzene rings is 1. The summed E-state index contributed by atoms with van der Waals surface area (Å²) in [6, 6.07) is 5.35. The van der Waals surface area contributed by atoms with Gasteiger partial charge in [0.1, 0.15) is 11.6 Å². The second-order valence-electron chi connectivity index (χ2n) is 5.19. The molecule has 0 radical (unpaired) electrons. The van der Waals surface area contributed by atoms with Crippen molar-refractivity contribution in [1.82, 2.24) is 0 Å². The van der Waals surface area contributed by atoms with Crippen LogP contribution >= 0.6 is 0 Å². The molecular formula is C14H18FNO. The molecule has 0 unspecified atom stereocenters. The van der Waals surface area contributed by atoms with Gasteiger partial charge in [-0.2, -0.15) is 0 Å². The zero-order valence-corrected chi connectivity index (χ0v) is 10.1. The van der Waals surface area contributed by atoms with Gasteiger partial charge in [-0.25, -0.2) is 4.39 Å². The van der Waals surface area contributed by atoms with Gasteiger partial charge in [-0.3, -0.25) is 0 Å². The number of nitrogens with one attached hydrogen (secondary N) is 1. The lowest BCUT2D eigenvalue weighted by Crippen LogP contribution is -2.24.